The lowest BCUT2D eigenvalue weighted by molar-refractivity contribution is 1.39. The zero-order chi connectivity index (χ0) is 14.7. The number of rotatable bonds is 4. The van der Waals surface area contributed by atoms with Crippen LogP contribution in [0.15, 0.2) is 41.3 Å². The van der Waals surface area contributed by atoms with Crippen LogP contribution < -0.4 is 11.1 Å². The quantitative estimate of drug-likeness (QED) is 0.629. The van der Waals surface area contributed by atoms with Crippen LogP contribution in [0.3, 0.4) is 0 Å². The van der Waals surface area contributed by atoms with Gasteiger partial charge in [0.25, 0.3) is 0 Å². The number of aryl methyl sites for hydroxylation is 1. The fourth-order valence-corrected chi connectivity index (χ4v) is 2.99. The first-order valence-electron chi connectivity index (χ1n) is 6.03. The van der Waals surface area contributed by atoms with Gasteiger partial charge in [-0.25, -0.2) is 0 Å². The van der Waals surface area contributed by atoms with Gasteiger partial charge in [-0.1, -0.05) is 36.0 Å². The van der Waals surface area contributed by atoms with Crippen molar-refractivity contribution in [2.75, 3.05) is 11.6 Å². The Morgan fingerprint density at radius 2 is 2.05 bits per heavy atom. The van der Waals surface area contributed by atoms with E-state index in [9.17, 15) is 0 Å². The lowest BCUT2D eigenvalue weighted by Gasteiger charge is -2.14. The molecule has 0 bridgehead atoms. The second kappa shape index (κ2) is 6.48. The van der Waals surface area contributed by atoms with Gasteiger partial charge in [0.1, 0.15) is 4.99 Å². The maximum atomic E-state index is 6.15. The van der Waals surface area contributed by atoms with E-state index in [-0.39, 0.29) is 0 Å². The SMILES string of the molecule is CSc1cccc(Nc2ccc(C)c(Cl)c2)c1C(N)=S. The average molecular weight is 323 g/mol. The van der Waals surface area contributed by atoms with Crippen LogP contribution in [0.5, 0.6) is 0 Å². The molecule has 5 heteroatoms. The third-order valence-electron chi connectivity index (χ3n) is 2.94. The molecule has 0 aliphatic carbocycles. The Morgan fingerprint density at radius 1 is 1.30 bits per heavy atom. The lowest BCUT2D eigenvalue weighted by atomic mass is 10.1. The lowest BCUT2D eigenvalue weighted by Crippen LogP contribution is -2.13. The van der Waals surface area contributed by atoms with Crippen LogP contribution in [0.1, 0.15) is 11.1 Å². The number of benzene rings is 2. The van der Waals surface area contributed by atoms with Gasteiger partial charge in [0.05, 0.1) is 0 Å². The van der Waals surface area contributed by atoms with E-state index >= 15 is 0 Å². The van der Waals surface area contributed by atoms with Crippen LogP contribution in [0.2, 0.25) is 5.02 Å². The van der Waals surface area contributed by atoms with Gasteiger partial charge in [-0.05, 0) is 43.0 Å². The summed E-state index contributed by atoms with van der Waals surface area (Å²) in [7, 11) is 0. The second-order valence-electron chi connectivity index (χ2n) is 4.34. The molecule has 0 fully saturated rings. The number of halogens is 1. The molecule has 0 unspecified atom stereocenters. The number of nitrogens with two attached hydrogens (primary N) is 1. The maximum absolute atomic E-state index is 6.15. The van der Waals surface area contributed by atoms with Crippen molar-refractivity contribution in [2.24, 2.45) is 5.73 Å². The van der Waals surface area contributed by atoms with Crippen molar-refractivity contribution in [1.82, 2.24) is 0 Å². The highest BCUT2D eigenvalue weighted by molar-refractivity contribution is 7.98. The molecule has 0 amide bonds. The van der Waals surface area contributed by atoms with E-state index in [1.807, 2.05) is 49.6 Å². The summed E-state index contributed by atoms with van der Waals surface area (Å²) in [6.07, 6.45) is 2.00. The number of hydrogen-bond donors (Lipinski definition) is 2. The van der Waals surface area contributed by atoms with Crippen LogP contribution in [0.25, 0.3) is 0 Å². The summed E-state index contributed by atoms with van der Waals surface area (Å²) >= 11 is 12.9. The van der Waals surface area contributed by atoms with Gasteiger partial charge in [-0.3, -0.25) is 0 Å². The van der Waals surface area contributed by atoms with Crippen molar-refractivity contribution in [1.29, 1.82) is 0 Å². The molecule has 0 heterocycles. The minimum atomic E-state index is 0.385. The molecule has 2 aromatic carbocycles. The summed E-state index contributed by atoms with van der Waals surface area (Å²) in [5.74, 6) is 0. The zero-order valence-corrected chi connectivity index (χ0v) is 13.6. The van der Waals surface area contributed by atoms with Crippen LogP contribution >= 0.6 is 35.6 Å². The Hall–Kier alpha value is -1.23. The molecular weight excluding hydrogens is 308 g/mol. The standard InChI is InChI=1S/C15H15ClN2S2/c1-9-6-7-10(8-11(9)16)18-12-4-3-5-13(20-2)14(12)15(17)19/h3-8,18H,1-2H3,(H2,17,19). The van der Waals surface area contributed by atoms with Gasteiger partial charge in [-0.2, -0.15) is 0 Å². The first-order chi connectivity index (χ1) is 9.52. The monoisotopic (exact) mass is 322 g/mol. The van der Waals surface area contributed by atoms with Gasteiger partial charge < -0.3 is 11.1 Å². The minimum absolute atomic E-state index is 0.385. The molecular formula is C15H15ClN2S2. The van der Waals surface area contributed by atoms with Crippen LogP contribution in [0.4, 0.5) is 11.4 Å². The number of thiocarbonyl (C=S) groups is 1. The first kappa shape index (κ1) is 15.2. The third-order valence-corrected chi connectivity index (χ3v) is 4.33. The Labute approximate surface area is 133 Å². The van der Waals surface area contributed by atoms with E-state index in [1.165, 1.54) is 0 Å². The predicted molar refractivity (Wildman–Crippen MR) is 93.6 cm³/mol. The number of anilines is 2. The molecule has 2 aromatic rings. The predicted octanol–water partition coefficient (Wildman–Crippen LogP) is 4.75. The van der Waals surface area contributed by atoms with Gasteiger partial charge >= 0.3 is 0 Å². The van der Waals surface area contributed by atoms with E-state index in [1.54, 1.807) is 11.8 Å². The molecule has 2 rings (SSSR count). The zero-order valence-electron chi connectivity index (χ0n) is 11.2. The van der Waals surface area contributed by atoms with E-state index in [2.05, 4.69) is 5.32 Å². The summed E-state index contributed by atoms with van der Waals surface area (Å²) in [6.45, 7) is 1.97. The van der Waals surface area contributed by atoms with Crippen molar-refractivity contribution >= 4 is 51.9 Å². The molecule has 0 aromatic heterocycles. The number of thioether (sulfide) groups is 1. The van der Waals surface area contributed by atoms with Crippen molar-refractivity contribution in [3.05, 3.63) is 52.5 Å². The number of hydrogen-bond acceptors (Lipinski definition) is 3. The Morgan fingerprint density at radius 3 is 2.65 bits per heavy atom. The molecule has 104 valence electrons. The van der Waals surface area contributed by atoms with Crippen LogP contribution in [-0.4, -0.2) is 11.2 Å². The first-order valence-corrected chi connectivity index (χ1v) is 8.04. The topological polar surface area (TPSA) is 38.0 Å². The van der Waals surface area contributed by atoms with Gasteiger partial charge in [-0.15, -0.1) is 11.8 Å². The van der Waals surface area contributed by atoms with Gasteiger partial charge in [0, 0.05) is 26.9 Å². The van der Waals surface area contributed by atoms with E-state index < -0.39 is 0 Å². The summed E-state index contributed by atoms with van der Waals surface area (Å²) < 4.78 is 0. The Balaban J connectivity index is 2.42. The van der Waals surface area contributed by atoms with Crippen LogP contribution in [-0.2, 0) is 0 Å². The Bertz CT molecular complexity index is 656. The summed E-state index contributed by atoms with van der Waals surface area (Å²) in [4.78, 5) is 1.44. The van der Waals surface area contributed by atoms with Crippen molar-refractivity contribution in [3.8, 4) is 0 Å². The molecule has 3 N–H and O–H groups in total. The highest BCUT2D eigenvalue weighted by Gasteiger charge is 2.11. The third kappa shape index (κ3) is 3.26. The summed E-state index contributed by atoms with van der Waals surface area (Å²) in [6, 6.07) is 11.8. The molecule has 0 atom stereocenters. The van der Waals surface area contributed by atoms with Crippen molar-refractivity contribution in [2.45, 2.75) is 11.8 Å². The Kier molecular flexibility index (Phi) is 4.91. The molecule has 0 aliphatic heterocycles. The average Bonchev–Trinajstić information content (AvgIpc) is 2.42. The fraction of sp³-hybridized carbons (Fsp3) is 0.133. The summed E-state index contributed by atoms with van der Waals surface area (Å²) in [5, 5.41) is 4.06. The molecule has 0 radical (unpaired) electrons. The fourth-order valence-electron chi connectivity index (χ4n) is 1.89. The van der Waals surface area contributed by atoms with Gasteiger partial charge in [0.2, 0.25) is 0 Å². The molecule has 20 heavy (non-hydrogen) atoms. The smallest absolute Gasteiger partial charge is 0.107 e. The van der Waals surface area contributed by atoms with E-state index in [0.717, 1.165) is 32.4 Å². The highest BCUT2D eigenvalue weighted by atomic mass is 35.5. The largest absolute Gasteiger partial charge is 0.389 e. The van der Waals surface area contributed by atoms with E-state index in [4.69, 9.17) is 29.6 Å². The molecule has 0 spiro atoms. The summed E-state index contributed by atoms with van der Waals surface area (Å²) in [5.41, 5.74) is 9.57. The second-order valence-corrected chi connectivity index (χ2v) is 6.03. The maximum Gasteiger partial charge on any atom is 0.107 e. The van der Waals surface area contributed by atoms with Crippen LogP contribution in [0, 0.1) is 6.92 Å². The molecule has 0 saturated carbocycles. The minimum Gasteiger partial charge on any atom is -0.389 e. The van der Waals surface area contributed by atoms with Crippen molar-refractivity contribution < 1.29 is 0 Å². The van der Waals surface area contributed by atoms with E-state index in [0.29, 0.717) is 4.99 Å². The number of nitrogens with one attached hydrogen (secondary N) is 1. The molecule has 0 aliphatic rings. The molecule has 2 nitrogen and oxygen atoms in total. The normalized spacial score (nSPS) is 10.3. The van der Waals surface area contributed by atoms with Crippen molar-refractivity contribution in [3.63, 3.8) is 0 Å². The highest BCUT2D eigenvalue weighted by Crippen LogP contribution is 2.30. The van der Waals surface area contributed by atoms with Gasteiger partial charge in [0.15, 0.2) is 0 Å². The molecule has 0 saturated heterocycles.